The number of hydrogen-bond acceptors (Lipinski definition) is 2. The molecule has 1 aliphatic heterocycles. The maximum Gasteiger partial charge on any atom is 0.329 e. The molecule has 1 aliphatic rings. The maximum atomic E-state index is 12.4. The minimum absolute atomic E-state index is 0.128. The molecular formula is C15H21N3O. The monoisotopic (exact) mass is 259 g/mol. The van der Waals surface area contributed by atoms with Crippen LogP contribution in [0.3, 0.4) is 0 Å². The Kier molecular flexibility index (Phi) is 3.42. The van der Waals surface area contributed by atoms with E-state index in [1.807, 2.05) is 40.3 Å². The molecule has 0 atom stereocenters. The van der Waals surface area contributed by atoms with Crippen LogP contribution in [0.2, 0.25) is 0 Å². The highest BCUT2D eigenvalue weighted by atomic mass is 16.1. The Balaban J connectivity index is 1.93. The second-order valence-corrected chi connectivity index (χ2v) is 5.22. The molecule has 2 heterocycles. The molecule has 0 saturated carbocycles. The smallest absolute Gasteiger partial charge is 0.302 e. The summed E-state index contributed by atoms with van der Waals surface area (Å²) in [5, 5.41) is 0. The Labute approximate surface area is 113 Å². The fraction of sp³-hybridized carbons (Fsp3) is 0.533. The zero-order chi connectivity index (χ0) is 13.2. The van der Waals surface area contributed by atoms with Gasteiger partial charge < -0.3 is 4.90 Å². The molecule has 102 valence electrons. The first-order valence-electron chi connectivity index (χ1n) is 7.21. The number of nitrogens with zero attached hydrogens (tertiary/aromatic N) is 3. The van der Waals surface area contributed by atoms with E-state index < -0.39 is 0 Å². The van der Waals surface area contributed by atoms with Crippen LogP contribution in [0.5, 0.6) is 0 Å². The van der Waals surface area contributed by atoms with Gasteiger partial charge in [-0.05, 0) is 45.0 Å². The van der Waals surface area contributed by atoms with Crippen LogP contribution in [0, 0.1) is 0 Å². The van der Waals surface area contributed by atoms with Crippen LogP contribution in [-0.4, -0.2) is 33.7 Å². The standard InChI is InChI=1S/C15H21N3O/c1-2-17-13-7-3-4-8-14(13)18(15(17)19)12-11-16-9-5-6-10-16/h3-4,7-8H,2,5-6,9-12H2,1H3. The van der Waals surface area contributed by atoms with Gasteiger partial charge >= 0.3 is 5.69 Å². The summed E-state index contributed by atoms with van der Waals surface area (Å²) >= 11 is 0. The van der Waals surface area contributed by atoms with Gasteiger partial charge in [0.05, 0.1) is 11.0 Å². The van der Waals surface area contributed by atoms with Crippen molar-refractivity contribution >= 4 is 11.0 Å². The molecule has 0 aliphatic carbocycles. The lowest BCUT2D eigenvalue weighted by Crippen LogP contribution is -2.30. The van der Waals surface area contributed by atoms with Crippen molar-refractivity contribution in [2.24, 2.45) is 0 Å². The van der Waals surface area contributed by atoms with E-state index >= 15 is 0 Å². The number of para-hydroxylation sites is 2. The van der Waals surface area contributed by atoms with Gasteiger partial charge in [-0.25, -0.2) is 4.79 Å². The fourth-order valence-corrected chi connectivity index (χ4v) is 3.04. The van der Waals surface area contributed by atoms with Gasteiger partial charge in [-0.1, -0.05) is 12.1 Å². The van der Waals surface area contributed by atoms with Crippen LogP contribution in [0.15, 0.2) is 29.1 Å². The van der Waals surface area contributed by atoms with Gasteiger partial charge in [0.25, 0.3) is 0 Å². The molecule has 19 heavy (non-hydrogen) atoms. The molecule has 0 bridgehead atoms. The molecule has 1 saturated heterocycles. The van der Waals surface area contributed by atoms with Gasteiger partial charge in [-0.3, -0.25) is 9.13 Å². The number of likely N-dealkylation sites (tertiary alicyclic amines) is 1. The highest BCUT2D eigenvalue weighted by Crippen LogP contribution is 2.13. The van der Waals surface area contributed by atoms with Crippen LogP contribution in [0.25, 0.3) is 11.0 Å². The molecule has 0 spiro atoms. The van der Waals surface area contributed by atoms with E-state index in [1.54, 1.807) is 0 Å². The summed E-state index contributed by atoms with van der Waals surface area (Å²) < 4.78 is 3.79. The highest BCUT2D eigenvalue weighted by Gasteiger charge is 2.14. The summed E-state index contributed by atoms with van der Waals surface area (Å²) in [4.78, 5) is 14.9. The molecule has 0 N–H and O–H groups in total. The van der Waals surface area contributed by atoms with Gasteiger partial charge in [0.2, 0.25) is 0 Å². The molecule has 4 heteroatoms. The molecule has 0 amide bonds. The average molecular weight is 259 g/mol. The Morgan fingerprint density at radius 2 is 1.63 bits per heavy atom. The summed E-state index contributed by atoms with van der Waals surface area (Å²) in [7, 11) is 0. The predicted molar refractivity (Wildman–Crippen MR) is 77.5 cm³/mol. The first-order valence-corrected chi connectivity index (χ1v) is 7.21. The molecule has 0 radical (unpaired) electrons. The molecule has 0 unspecified atom stereocenters. The van der Waals surface area contributed by atoms with E-state index in [2.05, 4.69) is 4.90 Å². The summed E-state index contributed by atoms with van der Waals surface area (Å²) in [5.41, 5.74) is 2.24. The predicted octanol–water partition coefficient (Wildman–Crippen LogP) is 1.92. The molecule has 4 nitrogen and oxygen atoms in total. The highest BCUT2D eigenvalue weighted by molar-refractivity contribution is 5.75. The molecule has 3 rings (SSSR count). The maximum absolute atomic E-state index is 12.4. The van der Waals surface area contributed by atoms with Gasteiger partial charge in [0.15, 0.2) is 0 Å². The second kappa shape index (κ2) is 5.21. The van der Waals surface area contributed by atoms with Crippen molar-refractivity contribution in [3.05, 3.63) is 34.7 Å². The lowest BCUT2D eigenvalue weighted by molar-refractivity contribution is 0.322. The summed E-state index contributed by atoms with van der Waals surface area (Å²) in [6.45, 7) is 6.90. The minimum atomic E-state index is 0.128. The second-order valence-electron chi connectivity index (χ2n) is 5.22. The zero-order valence-electron chi connectivity index (χ0n) is 11.5. The normalized spacial score (nSPS) is 16.5. The Bertz CT molecular complexity index is 620. The third-order valence-electron chi connectivity index (χ3n) is 4.08. The van der Waals surface area contributed by atoms with Crippen LogP contribution >= 0.6 is 0 Å². The molecular weight excluding hydrogens is 238 g/mol. The Hall–Kier alpha value is -1.55. The third-order valence-corrected chi connectivity index (χ3v) is 4.08. The Morgan fingerprint density at radius 3 is 2.26 bits per heavy atom. The van der Waals surface area contributed by atoms with Gasteiger partial charge in [0.1, 0.15) is 0 Å². The number of aromatic nitrogens is 2. The van der Waals surface area contributed by atoms with Crippen molar-refractivity contribution < 1.29 is 0 Å². The summed E-state index contributed by atoms with van der Waals surface area (Å²) in [5.74, 6) is 0. The lowest BCUT2D eigenvalue weighted by atomic mass is 10.3. The van der Waals surface area contributed by atoms with E-state index in [9.17, 15) is 4.79 Å². The number of benzene rings is 1. The van der Waals surface area contributed by atoms with Crippen LogP contribution < -0.4 is 5.69 Å². The van der Waals surface area contributed by atoms with Crippen molar-refractivity contribution in [3.63, 3.8) is 0 Å². The fourth-order valence-electron chi connectivity index (χ4n) is 3.04. The van der Waals surface area contributed by atoms with Gasteiger partial charge in [0, 0.05) is 19.6 Å². The quantitative estimate of drug-likeness (QED) is 0.839. The lowest BCUT2D eigenvalue weighted by Gasteiger charge is -2.14. The van der Waals surface area contributed by atoms with E-state index in [1.165, 1.54) is 25.9 Å². The minimum Gasteiger partial charge on any atom is -0.302 e. The largest absolute Gasteiger partial charge is 0.329 e. The van der Waals surface area contributed by atoms with Crippen LogP contribution in [-0.2, 0) is 13.1 Å². The van der Waals surface area contributed by atoms with E-state index in [0.29, 0.717) is 0 Å². The van der Waals surface area contributed by atoms with E-state index in [0.717, 1.165) is 30.7 Å². The first-order chi connectivity index (χ1) is 9.31. The van der Waals surface area contributed by atoms with Crippen molar-refractivity contribution in [1.29, 1.82) is 0 Å². The topological polar surface area (TPSA) is 30.2 Å². The first kappa shape index (κ1) is 12.5. The van der Waals surface area contributed by atoms with Gasteiger partial charge in [-0.15, -0.1) is 0 Å². The number of hydrogen-bond donors (Lipinski definition) is 0. The summed E-state index contributed by atoms with van der Waals surface area (Å²) in [6, 6.07) is 8.09. The number of aryl methyl sites for hydroxylation is 1. The number of imidazole rings is 1. The average Bonchev–Trinajstić information content (AvgIpc) is 3.02. The van der Waals surface area contributed by atoms with Crippen molar-refractivity contribution in [3.8, 4) is 0 Å². The van der Waals surface area contributed by atoms with Crippen molar-refractivity contribution in [2.75, 3.05) is 19.6 Å². The van der Waals surface area contributed by atoms with Crippen LogP contribution in [0.4, 0.5) is 0 Å². The molecule has 1 fully saturated rings. The van der Waals surface area contributed by atoms with Crippen molar-refractivity contribution in [2.45, 2.75) is 32.9 Å². The SMILES string of the molecule is CCn1c(=O)n(CCN2CCCC2)c2ccccc21. The number of rotatable bonds is 4. The molecule has 1 aromatic carbocycles. The number of fused-ring (bicyclic) bond motifs is 1. The molecule has 1 aromatic heterocycles. The van der Waals surface area contributed by atoms with E-state index in [4.69, 9.17) is 0 Å². The molecule has 2 aromatic rings. The zero-order valence-corrected chi connectivity index (χ0v) is 11.5. The van der Waals surface area contributed by atoms with Crippen molar-refractivity contribution in [1.82, 2.24) is 14.0 Å². The van der Waals surface area contributed by atoms with E-state index in [-0.39, 0.29) is 5.69 Å². The van der Waals surface area contributed by atoms with Crippen LogP contribution in [0.1, 0.15) is 19.8 Å². The summed E-state index contributed by atoms with van der Waals surface area (Å²) in [6.07, 6.45) is 2.59. The Morgan fingerprint density at radius 1 is 1.00 bits per heavy atom. The third kappa shape index (κ3) is 2.21. The van der Waals surface area contributed by atoms with Gasteiger partial charge in [-0.2, -0.15) is 0 Å².